The summed E-state index contributed by atoms with van der Waals surface area (Å²) in [7, 11) is 1.65. The number of hydrogen-bond acceptors (Lipinski definition) is 3. The zero-order chi connectivity index (χ0) is 13.7. The fourth-order valence-corrected chi connectivity index (χ4v) is 2.72. The molecule has 1 aromatic carbocycles. The first-order valence-corrected chi connectivity index (χ1v) is 7.12. The number of ketones is 1. The predicted molar refractivity (Wildman–Crippen MR) is 76.9 cm³/mol. The molecule has 0 unspecified atom stereocenters. The van der Waals surface area contributed by atoms with Gasteiger partial charge in [-0.2, -0.15) is 0 Å². The van der Waals surface area contributed by atoms with Gasteiger partial charge in [0.2, 0.25) is 0 Å². The van der Waals surface area contributed by atoms with E-state index in [0.29, 0.717) is 12.5 Å². The van der Waals surface area contributed by atoms with Gasteiger partial charge in [-0.25, -0.2) is 0 Å². The van der Waals surface area contributed by atoms with Crippen molar-refractivity contribution in [3.8, 4) is 5.75 Å². The van der Waals surface area contributed by atoms with Gasteiger partial charge in [-0.05, 0) is 43.5 Å². The van der Waals surface area contributed by atoms with E-state index in [0.717, 1.165) is 23.4 Å². The third-order valence-electron chi connectivity index (χ3n) is 3.86. The van der Waals surface area contributed by atoms with Crippen LogP contribution in [-0.2, 0) is 0 Å². The van der Waals surface area contributed by atoms with E-state index in [2.05, 4.69) is 5.32 Å². The van der Waals surface area contributed by atoms with Crippen LogP contribution in [0.15, 0.2) is 18.2 Å². The van der Waals surface area contributed by atoms with Crippen LogP contribution in [0.25, 0.3) is 0 Å². The monoisotopic (exact) mass is 261 g/mol. The Morgan fingerprint density at radius 3 is 2.74 bits per heavy atom. The van der Waals surface area contributed by atoms with E-state index in [1.165, 1.54) is 25.7 Å². The van der Waals surface area contributed by atoms with Crippen LogP contribution in [0.4, 0.5) is 0 Å². The molecule has 1 saturated carbocycles. The summed E-state index contributed by atoms with van der Waals surface area (Å²) in [6.07, 6.45) is 5.74. The second-order valence-electron chi connectivity index (χ2n) is 5.29. The molecule has 0 radical (unpaired) electrons. The Bertz CT molecular complexity index is 436. The molecule has 104 valence electrons. The topological polar surface area (TPSA) is 38.3 Å². The molecule has 0 saturated heterocycles. The van der Waals surface area contributed by atoms with Crippen molar-refractivity contribution in [2.75, 3.05) is 13.7 Å². The molecule has 0 heterocycles. The third-order valence-corrected chi connectivity index (χ3v) is 3.86. The molecule has 3 heteroatoms. The van der Waals surface area contributed by atoms with Crippen molar-refractivity contribution in [2.45, 2.75) is 45.1 Å². The maximum atomic E-state index is 12.1. The van der Waals surface area contributed by atoms with Crippen molar-refractivity contribution in [1.29, 1.82) is 0 Å². The van der Waals surface area contributed by atoms with Crippen molar-refractivity contribution >= 4 is 5.78 Å². The molecule has 0 bridgehead atoms. The molecular weight excluding hydrogens is 238 g/mol. The lowest BCUT2D eigenvalue weighted by Crippen LogP contribution is -2.28. The van der Waals surface area contributed by atoms with Gasteiger partial charge in [0.1, 0.15) is 5.75 Å². The van der Waals surface area contributed by atoms with Crippen LogP contribution >= 0.6 is 0 Å². The smallest absolute Gasteiger partial charge is 0.164 e. The summed E-state index contributed by atoms with van der Waals surface area (Å²) in [6, 6.07) is 6.26. The van der Waals surface area contributed by atoms with E-state index in [4.69, 9.17) is 4.74 Å². The molecule has 0 atom stereocenters. The second kappa shape index (κ2) is 6.71. The van der Waals surface area contributed by atoms with Gasteiger partial charge in [-0.15, -0.1) is 0 Å². The largest absolute Gasteiger partial charge is 0.496 e. The number of nitrogens with one attached hydrogen (secondary N) is 1. The highest BCUT2D eigenvalue weighted by Gasteiger charge is 2.14. The van der Waals surface area contributed by atoms with Crippen molar-refractivity contribution in [1.82, 2.24) is 5.32 Å². The van der Waals surface area contributed by atoms with Crippen LogP contribution in [-0.4, -0.2) is 25.5 Å². The van der Waals surface area contributed by atoms with E-state index in [1.54, 1.807) is 7.11 Å². The van der Waals surface area contributed by atoms with Crippen LogP contribution in [0.1, 0.15) is 48.0 Å². The predicted octanol–water partition coefficient (Wildman–Crippen LogP) is 3.11. The van der Waals surface area contributed by atoms with Crippen molar-refractivity contribution in [3.63, 3.8) is 0 Å². The van der Waals surface area contributed by atoms with Crippen molar-refractivity contribution in [2.24, 2.45) is 0 Å². The lowest BCUT2D eigenvalue weighted by molar-refractivity contribution is 0.0981. The highest BCUT2D eigenvalue weighted by molar-refractivity contribution is 5.96. The van der Waals surface area contributed by atoms with Crippen LogP contribution in [0.2, 0.25) is 0 Å². The Kier molecular flexibility index (Phi) is 4.97. The Morgan fingerprint density at radius 2 is 2.11 bits per heavy atom. The lowest BCUT2D eigenvalue weighted by Gasteiger charge is -2.11. The van der Waals surface area contributed by atoms with Crippen LogP contribution < -0.4 is 10.1 Å². The van der Waals surface area contributed by atoms with E-state index in [1.807, 2.05) is 25.1 Å². The zero-order valence-electron chi connectivity index (χ0n) is 11.9. The Morgan fingerprint density at radius 1 is 1.37 bits per heavy atom. The highest BCUT2D eigenvalue weighted by atomic mass is 16.5. The first-order valence-electron chi connectivity index (χ1n) is 7.12. The maximum Gasteiger partial charge on any atom is 0.164 e. The van der Waals surface area contributed by atoms with Crippen LogP contribution in [0.3, 0.4) is 0 Å². The van der Waals surface area contributed by atoms with E-state index in [9.17, 15) is 4.79 Å². The number of rotatable bonds is 6. The molecule has 1 N–H and O–H groups in total. The zero-order valence-corrected chi connectivity index (χ0v) is 11.9. The van der Waals surface area contributed by atoms with E-state index < -0.39 is 0 Å². The van der Waals surface area contributed by atoms with Gasteiger partial charge in [-0.3, -0.25) is 4.79 Å². The summed E-state index contributed by atoms with van der Waals surface area (Å²) in [5.74, 6) is 1.04. The SMILES string of the molecule is COc1ccc(C(=O)CCNC2CCCC2)cc1C. The summed E-state index contributed by atoms with van der Waals surface area (Å²) in [5.41, 5.74) is 1.80. The second-order valence-corrected chi connectivity index (χ2v) is 5.29. The number of aryl methyl sites for hydroxylation is 1. The average molecular weight is 261 g/mol. The average Bonchev–Trinajstić information content (AvgIpc) is 2.91. The fraction of sp³-hybridized carbons (Fsp3) is 0.562. The minimum atomic E-state index is 0.205. The Hall–Kier alpha value is -1.35. The van der Waals surface area contributed by atoms with Gasteiger partial charge in [0.15, 0.2) is 5.78 Å². The molecule has 2 rings (SSSR count). The fourth-order valence-electron chi connectivity index (χ4n) is 2.72. The molecule has 1 aromatic rings. The molecule has 0 amide bonds. The van der Waals surface area contributed by atoms with Crippen LogP contribution in [0, 0.1) is 6.92 Å². The molecule has 0 spiro atoms. The standard InChI is InChI=1S/C16H23NO2/c1-12-11-13(7-8-16(12)19-2)15(18)9-10-17-14-5-3-4-6-14/h7-8,11,14,17H,3-6,9-10H2,1-2H3. The van der Waals surface area contributed by atoms with Crippen LogP contribution in [0.5, 0.6) is 5.75 Å². The summed E-state index contributed by atoms with van der Waals surface area (Å²) in [4.78, 5) is 12.1. The number of methoxy groups -OCH3 is 1. The van der Waals surface area contributed by atoms with Gasteiger partial charge < -0.3 is 10.1 Å². The Labute approximate surface area is 115 Å². The maximum absolute atomic E-state index is 12.1. The molecular formula is C16H23NO2. The van der Waals surface area contributed by atoms with Gasteiger partial charge in [-0.1, -0.05) is 12.8 Å². The molecule has 1 aliphatic carbocycles. The molecule has 0 aliphatic heterocycles. The van der Waals surface area contributed by atoms with Crippen molar-refractivity contribution in [3.05, 3.63) is 29.3 Å². The molecule has 1 fully saturated rings. The third kappa shape index (κ3) is 3.80. The first-order chi connectivity index (χ1) is 9.20. The van der Waals surface area contributed by atoms with Gasteiger partial charge in [0, 0.05) is 24.6 Å². The number of hydrogen-bond donors (Lipinski definition) is 1. The number of ether oxygens (including phenoxy) is 1. The lowest BCUT2D eigenvalue weighted by atomic mass is 10.0. The first kappa shape index (κ1) is 14.1. The number of carbonyl (C=O) groups excluding carboxylic acids is 1. The van der Waals surface area contributed by atoms with Gasteiger partial charge in [0.05, 0.1) is 7.11 Å². The van der Waals surface area contributed by atoms with Gasteiger partial charge in [0.25, 0.3) is 0 Å². The molecule has 0 aromatic heterocycles. The number of Topliss-reactive ketones (excluding diaryl/α,β-unsaturated/α-hetero) is 1. The molecule has 19 heavy (non-hydrogen) atoms. The van der Waals surface area contributed by atoms with E-state index in [-0.39, 0.29) is 5.78 Å². The minimum Gasteiger partial charge on any atom is -0.496 e. The normalized spacial score (nSPS) is 15.7. The highest BCUT2D eigenvalue weighted by Crippen LogP contribution is 2.20. The minimum absolute atomic E-state index is 0.205. The quantitative estimate of drug-likeness (QED) is 0.800. The number of benzene rings is 1. The number of carbonyl (C=O) groups is 1. The van der Waals surface area contributed by atoms with Crippen molar-refractivity contribution < 1.29 is 9.53 Å². The van der Waals surface area contributed by atoms with Gasteiger partial charge >= 0.3 is 0 Å². The summed E-state index contributed by atoms with van der Waals surface area (Å²) >= 11 is 0. The Balaban J connectivity index is 1.83. The molecule has 3 nitrogen and oxygen atoms in total. The summed E-state index contributed by atoms with van der Waals surface area (Å²) in [6.45, 7) is 2.75. The summed E-state index contributed by atoms with van der Waals surface area (Å²) < 4.78 is 5.20. The van der Waals surface area contributed by atoms with E-state index >= 15 is 0 Å². The molecule has 1 aliphatic rings. The summed E-state index contributed by atoms with van der Waals surface area (Å²) in [5, 5.41) is 3.47.